The van der Waals surface area contributed by atoms with Crippen molar-refractivity contribution in [1.29, 1.82) is 5.26 Å². The highest BCUT2D eigenvalue weighted by Gasteiger charge is 2.16. The quantitative estimate of drug-likeness (QED) is 0.263. The predicted molar refractivity (Wildman–Crippen MR) is 153 cm³/mol. The number of nitrogens with one attached hydrogen (secondary N) is 2. The van der Waals surface area contributed by atoms with Crippen LogP contribution in [0.1, 0.15) is 15.9 Å². The fourth-order valence-corrected chi connectivity index (χ4v) is 4.27. The number of methoxy groups -OCH3 is 1. The Hall–Kier alpha value is -5.88. The Balaban J connectivity index is 1.55. The summed E-state index contributed by atoms with van der Waals surface area (Å²) in [5, 5.41) is 15.4. The zero-order valence-corrected chi connectivity index (χ0v) is 21.4. The number of nitrogens with zero attached hydrogens (tertiary/aromatic N) is 4. The number of hydrogen-bond donors (Lipinski definition) is 2. The molecular formula is C31H22N6O3. The van der Waals surface area contributed by atoms with E-state index in [1.807, 2.05) is 42.5 Å². The Morgan fingerprint density at radius 2 is 1.85 bits per heavy atom. The monoisotopic (exact) mass is 526 g/mol. The second-order valence-electron chi connectivity index (χ2n) is 8.67. The summed E-state index contributed by atoms with van der Waals surface area (Å²) in [6.45, 7) is 3.50. The van der Waals surface area contributed by atoms with E-state index in [1.165, 1.54) is 31.8 Å². The van der Waals surface area contributed by atoms with E-state index in [2.05, 4.69) is 32.2 Å². The molecule has 40 heavy (non-hydrogen) atoms. The summed E-state index contributed by atoms with van der Waals surface area (Å²) in [5.74, 6) is 0.0669. The molecule has 0 aliphatic heterocycles. The van der Waals surface area contributed by atoms with Crippen molar-refractivity contribution in [3.05, 3.63) is 109 Å². The summed E-state index contributed by atoms with van der Waals surface area (Å²) < 4.78 is 5.68. The first-order valence-electron chi connectivity index (χ1n) is 12.1. The molecule has 9 nitrogen and oxygen atoms in total. The number of hydrogen-bond acceptors (Lipinski definition) is 7. The molecule has 2 amide bonds. The van der Waals surface area contributed by atoms with Gasteiger partial charge in [-0.1, -0.05) is 18.7 Å². The highest BCUT2D eigenvalue weighted by atomic mass is 16.5. The third-order valence-corrected chi connectivity index (χ3v) is 6.14. The Kier molecular flexibility index (Phi) is 7.24. The highest BCUT2D eigenvalue weighted by molar-refractivity contribution is 6.05. The molecule has 0 unspecified atom stereocenters. The van der Waals surface area contributed by atoms with Crippen LogP contribution in [0.4, 0.5) is 11.5 Å². The van der Waals surface area contributed by atoms with E-state index in [9.17, 15) is 9.59 Å². The molecule has 9 heteroatoms. The molecule has 2 aromatic heterocycles. The maximum absolute atomic E-state index is 12.9. The van der Waals surface area contributed by atoms with Gasteiger partial charge in [0.15, 0.2) is 0 Å². The molecule has 2 N–H and O–H groups in total. The topological polar surface area (TPSA) is 130 Å². The zero-order chi connectivity index (χ0) is 28.1. The molecule has 0 atom stereocenters. The Bertz CT molecular complexity index is 1830. The molecule has 0 saturated heterocycles. The molecule has 0 fully saturated rings. The van der Waals surface area contributed by atoms with Crippen LogP contribution in [0.2, 0.25) is 0 Å². The molecule has 5 aromatic rings. The van der Waals surface area contributed by atoms with Gasteiger partial charge in [-0.2, -0.15) is 5.26 Å². The van der Waals surface area contributed by atoms with Crippen molar-refractivity contribution in [3.8, 4) is 34.1 Å². The third kappa shape index (κ3) is 5.37. The standard InChI is InChI=1S/C31H22N6O3/c1-3-29(38)36-24-6-4-5-20(13-24)26-14-22(12-23-17-33-18-35-30(23)26)25-8-7-21(15-27(25)40-2)31(39)37-28-11-19(16-32)9-10-34-28/h3-15,17-18H,1H2,2H3,(H,36,38)(H,34,37,39). The SMILES string of the molecule is C=CC(=O)Nc1cccc(-c2cc(-c3ccc(C(=O)Nc4cc(C#N)ccn4)cc3OC)cc3cncnc23)c1. The summed E-state index contributed by atoms with van der Waals surface area (Å²) in [5.41, 5.74) is 5.37. The van der Waals surface area contributed by atoms with E-state index < -0.39 is 5.91 Å². The lowest BCUT2D eigenvalue weighted by atomic mass is 9.94. The number of nitriles is 1. The van der Waals surface area contributed by atoms with Gasteiger partial charge in [-0.3, -0.25) is 9.59 Å². The van der Waals surface area contributed by atoms with Gasteiger partial charge in [-0.05, 0) is 71.8 Å². The number of anilines is 2. The van der Waals surface area contributed by atoms with Gasteiger partial charge in [0.25, 0.3) is 5.91 Å². The number of ether oxygens (including phenoxy) is 1. The van der Waals surface area contributed by atoms with Crippen LogP contribution < -0.4 is 15.4 Å². The lowest BCUT2D eigenvalue weighted by molar-refractivity contribution is -0.111. The summed E-state index contributed by atoms with van der Waals surface area (Å²) in [6, 6.07) is 21.6. The molecule has 0 saturated carbocycles. The minimum atomic E-state index is -0.390. The Morgan fingerprint density at radius 3 is 2.65 bits per heavy atom. The van der Waals surface area contributed by atoms with Crippen molar-refractivity contribution < 1.29 is 14.3 Å². The van der Waals surface area contributed by atoms with Crippen LogP contribution in [0.3, 0.4) is 0 Å². The molecule has 0 aliphatic carbocycles. The van der Waals surface area contributed by atoms with E-state index in [0.29, 0.717) is 22.6 Å². The zero-order valence-electron chi connectivity index (χ0n) is 21.4. The number of amides is 2. The molecule has 0 radical (unpaired) electrons. The van der Waals surface area contributed by atoms with Gasteiger partial charge in [-0.25, -0.2) is 15.0 Å². The van der Waals surface area contributed by atoms with Crippen LogP contribution >= 0.6 is 0 Å². The van der Waals surface area contributed by atoms with Crippen molar-refractivity contribution in [2.24, 2.45) is 0 Å². The molecule has 5 rings (SSSR count). The first kappa shape index (κ1) is 25.8. The number of rotatable bonds is 7. The molecule has 3 aromatic carbocycles. The van der Waals surface area contributed by atoms with Gasteiger partial charge < -0.3 is 15.4 Å². The van der Waals surface area contributed by atoms with Gasteiger partial charge in [0.05, 0.1) is 24.3 Å². The van der Waals surface area contributed by atoms with Crippen molar-refractivity contribution in [3.63, 3.8) is 0 Å². The lowest BCUT2D eigenvalue weighted by Gasteiger charge is -2.14. The summed E-state index contributed by atoms with van der Waals surface area (Å²) in [4.78, 5) is 37.6. The lowest BCUT2D eigenvalue weighted by Crippen LogP contribution is -2.13. The van der Waals surface area contributed by atoms with E-state index in [0.717, 1.165) is 33.2 Å². The predicted octanol–water partition coefficient (Wildman–Crippen LogP) is 5.62. The average Bonchev–Trinajstić information content (AvgIpc) is 3.00. The number of pyridine rings is 1. The van der Waals surface area contributed by atoms with E-state index >= 15 is 0 Å². The first-order valence-corrected chi connectivity index (χ1v) is 12.1. The minimum Gasteiger partial charge on any atom is -0.496 e. The highest BCUT2D eigenvalue weighted by Crippen LogP contribution is 2.37. The van der Waals surface area contributed by atoms with Gasteiger partial charge >= 0.3 is 0 Å². The fraction of sp³-hybridized carbons (Fsp3) is 0.0323. The molecule has 0 spiro atoms. The maximum atomic E-state index is 12.9. The Morgan fingerprint density at radius 1 is 0.975 bits per heavy atom. The molecular weight excluding hydrogens is 504 g/mol. The van der Waals surface area contributed by atoms with Crippen molar-refractivity contribution >= 4 is 34.2 Å². The van der Waals surface area contributed by atoms with Crippen molar-refractivity contribution in [2.75, 3.05) is 17.7 Å². The first-order chi connectivity index (χ1) is 19.5. The van der Waals surface area contributed by atoms with E-state index in [1.54, 1.807) is 30.5 Å². The Labute approximate surface area is 229 Å². The summed E-state index contributed by atoms with van der Waals surface area (Å²) >= 11 is 0. The second-order valence-corrected chi connectivity index (χ2v) is 8.67. The van der Waals surface area contributed by atoms with Crippen LogP contribution in [0.5, 0.6) is 5.75 Å². The van der Waals surface area contributed by atoms with E-state index in [4.69, 9.17) is 10.00 Å². The molecule has 0 aliphatic rings. The molecule has 0 bridgehead atoms. The average molecular weight is 527 g/mol. The second kappa shape index (κ2) is 11.2. The summed E-state index contributed by atoms with van der Waals surface area (Å²) in [7, 11) is 1.54. The van der Waals surface area contributed by atoms with Crippen molar-refractivity contribution in [2.45, 2.75) is 0 Å². The van der Waals surface area contributed by atoms with Crippen molar-refractivity contribution in [1.82, 2.24) is 15.0 Å². The minimum absolute atomic E-state index is 0.276. The smallest absolute Gasteiger partial charge is 0.256 e. The number of benzene rings is 3. The molecule has 2 heterocycles. The van der Waals surface area contributed by atoms with Gasteiger partial charge in [0.2, 0.25) is 5.91 Å². The molecule has 194 valence electrons. The number of fused-ring (bicyclic) bond motifs is 1. The van der Waals surface area contributed by atoms with Crippen LogP contribution in [-0.4, -0.2) is 33.9 Å². The number of aromatic nitrogens is 3. The van der Waals surface area contributed by atoms with Crippen LogP contribution in [0, 0.1) is 11.3 Å². The van der Waals surface area contributed by atoms with E-state index in [-0.39, 0.29) is 11.7 Å². The maximum Gasteiger partial charge on any atom is 0.256 e. The number of carbonyl (C=O) groups is 2. The largest absolute Gasteiger partial charge is 0.496 e. The fourth-order valence-electron chi connectivity index (χ4n) is 4.27. The van der Waals surface area contributed by atoms with Crippen LogP contribution in [0.15, 0.2) is 98.1 Å². The van der Waals surface area contributed by atoms with Gasteiger partial charge in [-0.15, -0.1) is 0 Å². The van der Waals surface area contributed by atoms with Gasteiger partial charge in [0.1, 0.15) is 17.9 Å². The normalized spacial score (nSPS) is 10.4. The van der Waals surface area contributed by atoms with Crippen LogP contribution in [0.25, 0.3) is 33.2 Å². The summed E-state index contributed by atoms with van der Waals surface area (Å²) in [6.07, 6.45) is 5.90. The number of carbonyl (C=O) groups excluding carboxylic acids is 2. The van der Waals surface area contributed by atoms with Gasteiger partial charge in [0, 0.05) is 40.2 Å². The van der Waals surface area contributed by atoms with Crippen LogP contribution in [-0.2, 0) is 4.79 Å². The third-order valence-electron chi connectivity index (χ3n) is 6.14.